The van der Waals surface area contributed by atoms with E-state index in [2.05, 4.69) is 5.16 Å². The highest BCUT2D eigenvalue weighted by atomic mass is 32.1. The summed E-state index contributed by atoms with van der Waals surface area (Å²) in [5.74, 6) is 0.843. The van der Waals surface area contributed by atoms with Crippen LogP contribution in [0.15, 0.2) is 28.8 Å². The van der Waals surface area contributed by atoms with Crippen LogP contribution in [0.3, 0.4) is 0 Å². The van der Waals surface area contributed by atoms with E-state index >= 15 is 0 Å². The Bertz CT molecular complexity index is 509. The molecule has 0 bridgehead atoms. The number of nitrogens with zero attached hydrogens (tertiary/aromatic N) is 1. The van der Waals surface area contributed by atoms with Gasteiger partial charge >= 0.3 is 12.3 Å². The highest BCUT2D eigenvalue weighted by molar-refractivity contribution is 7.14. The van der Waals surface area contributed by atoms with Crippen LogP contribution in [0, 0.1) is 6.92 Å². The average Bonchev–Trinajstić information content (AvgIpc) is 2.74. The standard InChI is InChI=1S/C10H10NO2S.BF4/c1-7-11-13-10(14-7)8-3-5-9(12-2)6-4-8;2-1(3,4)5/h3-6H,1-2H3;/q+1;-1. The molecule has 1 heterocycles. The predicted octanol–water partition coefficient (Wildman–Crippen LogP) is 4.30. The maximum Gasteiger partial charge on any atom is 0.673 e. The molecule has 2 rings (SSSR count). The minimum Gasteiger partial charge on any atom is -0.497 e. The number of benzene rings is 1. The number of rotatable bonds is 2. The fourth-order valence-electron chi connectivity index (χ4n) is 1.12. The van der Waals surface area contributed by atoms with Crippen LogP contribution in [0.2, 0.25) is 0 Å². The van der Waals surface area contributed by atoms with Crippen molar-refractivity contribution in [1.29, 1.82) is 0 Å². The third-order valence-electron chi connectivity index (χ3n) is 1.82. The van der Waals surface area contributed by atoms with Crippen molar-refractivity contribution in [1.82, 2.24) is 5.16 Å². The van der Waals surface area contributed by atoms with Gasteiger partial charge in [-0.2, -0.15) is 0 Å². The van der Waals surface area contributed by atoms with E-state index in [1.54, 1.807) is 7.11 Å². The molecule has 0 N–H and O–H groups in total. The number of aryl methyl sites for hydroxylation is 1. The number of hydrogen-bond donors (Lipinski definition) is 0. The number of aromatic nitrogens is 1. The van der Waals surface area contributed by atoms with E-state index in [1.165, 1.54) is 11.3 Å². The van der Waals surface area contributed by atoms with Gasteiger partial charge in [-0.3, -0.25) is 0 Å². The summed E-state index contributed by atoms with van der Waals surface area (Å²) in [6, 6.07) is 7.71. The summed E-state index contributed by atoms with van der Waals surface area (Å²) in [7, 11) is -4.35. The molecule has 1 aromatic carbocycles. The molecule has 0 aliphatic rings. The normalized spacial score (nSPS) is 10.6. The van der Waals surface area contributed by atoms with Crippen molar-refractivity contribution in [2.75, 3.05) is 7.11 Å². The minimum absolute atomic E-state index is 0.824. The smallest absolute Gasteiger partial charge is 0.497 e. The number of hydrogen-bond acceptors (Lipinski definition) is 3. The second kappa shape index (κ2) is 6.51. The van der Waals surface area contributed by atoms with E-state index in [9.17, 15) is 17.3 Å². The summed E-state index contributed by atoms with van der Waals surface area (Å²) in [6.45, 7) is 1.92. The summed E-state index contributed by atoms with van der Waals surface area (Å²) in [4.78, 5) is 0. The Morgan fingerprint density at radius 3 is 2.05 bits per heavy atom. The van der Waals surface area contributed by atoms with Crippen LogP contribution >= 0.6 is 11.3 Å². The Labute approximate surface area is 110 Å². The Hall–Kier alpha value is -1.64. The Morgan fingerprint density at radius 2 is 1.68 bits per heavy atom. The van der Waals surface area contributed by atoms with E-state index in [4.69, 9.17) is 9.26 Å². The van der Waals surface area contributed by atoms with Crippen molar-refractivity contribution in [2.45, 2.75) is 6.92 Å². The first-order valence-electron chi connectivity index (χ1n) is 5.08. The highest BCUT2D eigenvalue weighted by Gasteiger charge is 2.20. The maximum atomic E-state index is 9.75. The predicted molar refractivity (Wildman–Crippen MR) is 65.7 cm³/mol. The largest absolute Gasteiger partial charge is 0.673 e. The summed E-state index contributed by atoms with van der Waals surface area (Å²) < 4.78 is 49.2. The molecule has 2 aromatic rings. The Morgan fingerprint density at radius 1 is 1.16 bits per heavy atom. The molecule has 0 saturated carbocycles. The first kappa shape index (κ1) is 15.4. The van der Waals surface area contributed by atoms with Crippen LogP contribution in [0.25, 0.3) is 10.6 Å². The molecule has 1 aromatic heterocycles. The van der Waals surface area contributed by atoms with Gasteiger partial charge in [0, 0.05) is 0 Å². The van der Waals surface area contributed by atoms with Crippen molar-refractivity contribution in [2.24, 2.45) is 0 Å². The molecule has 0 amide bonds. The number of ether oxygens (including phenoxy) is 1. The second-order valence-corrected chi connectivity index (χ2v) is 4.48. The van der Waals surface area contributed by atoms with Gasteiger partial charge in [0.05, 0.1) is 12.7 Å². The quantitative estimate of drug-likeness (QED) is 0.470. The molecule has 0 aliphatic carbocycles. The molecule has 0 aliphatic heterocycles. The molecular weight excluding hydrogens is 285 g/mol. The molecule has 0 unspecified atom stereocenters. The lowest BCUT2D eigenvalue weighted by Crippen LogP contribution is -2.02. The molecule has 0 spiro atoms. The van der Waals surface area contributed by atoms with E-state index in [-0.39, 0.29) is 0 Å². The van der Waals surface area contributed by atoms with E-state index < -0.39 is 7.25 Å². The average molecular weight is 295 g/mol. The van der Waals surface area contributed by atoms with E-state index in [0.717, 1.165) is 21.4 Å². The molecular formula is C10H10BF4NO2S. The lowest BCUT2D eigenvalue weighted by Gasteiger charge is -1.96. The third-order valence-corrected chi connectivity index (χ3v) is 2.69. The van der Waals surface area contributed by atoms with E-state index in [1.807, 2.05) is 31.2 Å². The van der Waals surface area contributed by atoms with Crippen molar-refractivity contribution in [3.63, 3.8) is 0 Å². The highest BCUT2D eigenvalue weighted by Crippen LogP contribution is 2.27. The lowest BCUT2D eigenvalue weighted by molar-refractivity contribution is 0.368. The summed E-state index contributed by atoms with van der Waals surface area (Å²) in [5.41, 5.74) is 1.02. The van der Waals surface area contributed by atoms with Gasteiger partial charge in [-0.25, -0.2) is 0 Å². The minimum atomic E-state index is -6.00. The van der Waals surface area contributed by atoms with Crippen LogP contribution in [0.5, 0.6) is 5.75 Å². The van der Waals surface area contributed by atoms with Gasteiger partial charge in [0.1, 0.15) is 5.75 Å². The molecule has 0 radical (unpaired) electrons. The first-order valence-corrected chi connectivity index (χ1v) is 5.89. The lowest BCUT2D eigenvalue weighted by atomic mass is 10.2. The van der Waals surface area contributed by atoms with Gasteiger partial charge in [-0.05, 0) is 42.5 Å². The van der Waals surface area contributed by atoms with Gasteiger partial charge in [-0.15, -0.1) is 0 Å². The van der Waals surface area contributed by atoms with Gasteiger partial charge in [0.25, 0.3) is 0 Å². The van der Waals surface area contributed by atoms with Crippen LogP contribution in [0.1, 0.15) is 5.01 Å². The van der Waals surface area contributed by atoms with E-state index in [0.29, 0.717) is 0 Å². The zero-order valence-corrected chi connectivity index (χ0v) is 10.9. The topological polar surface area (TPSA) is 33.4 Å². The van der Waals surface area contributed by atoms with Gasteiger partial charge in [0.15, 0.2) is 10.2 Å². The number of methoxy groups -OCH3 is 1. The molecule has 0 saturated heterocycles. The molecule has 0 atom stereocenters. The van der Waals surface area contributed by atoms with Crippen molar-refractivity contribution >= 4 is 18.6 Å². The van der Waals surface area contributed by atoms with Crippen molar-refractivity contribution in [3.05, 3.63) is 29.3 Å². The zero-order valence-electron chi connectivity index (χ0n) is 10.1. The van der Waals surface area contributed by atoms with Crippen LogP contribution < -0.4 is 4.74 Å². The van der Waals surface area contributed by atoms with Gasteiger partial charge in [-0.1, -0.05) is 4.52 Å². The van der Waals surface area contributed by atoms with Gasteiger partial charge in [0.2, 0.25) is 0 Å². The van der Waals surface area contributed by atoms with Crippen LogP contribution in [-0.2, 0) is 0 Å². The molecule has 9 heteroatoms. The molecule has 19 heavy (non-hydrogen) atoms. The monoisotopic (exact) mass is 295 g/mol. The molecule has 104 valence electrons. The third kappa shape index (κ3) is 6.19. The zero-order chi connectivity index (χ0) is 14.5. The summed E-state index contributed by atoms with van der Waals surface area (Å²) in [5, 5.41) is 5.60. The first-order chi connectivity index (χ1) is 8.79. The fraction of sp³-hybridized carbons (Fsp3) is 0.200. The van der Waals surface area contributed by atoms with Crippen LogP contribution in [-0.4, -0.2) is 19.5 Å². The van der Waals surface area contributed by atoms with Gasteiger partial charge < -0.3 is 22.0 Å². The van der Waals surface area contributed by atoms with Crippen molar-refractivity contribution < 1.29 is 26.5 Å². The summed E-state index contributed by atoms with van der Waals surface area (Å²) in [6.07, 6.45) is 0. The SMILES string of the molecule is COc1ccc(-c2[o+]nc(C)s2)cc1.F[B-](F)(F)F. The molecule has 0 fully saturated rings. The molecule has 3 nitrogen and oxygen atoms in total. The summed E-state index contributed by atoms with van der Waals surface area (Å²) >= 11 is 1.54. The maximum absolute atomic E-state index is 9.75. The Kier molecular flexibility index (Phi) is 5.28. The number of halogens is 4. The van der Waals surface area contributed by atoms with Crippen LogP contribution in [0.4, 0.5) is 17.3 Å². The second-order valence-electron chi connectivity index (χ2n) is 3.31. The Balaban J connectivity index is 0.000000312. The van der Waals surface area contributed by atoms with Crippen molar-refractivity contribution in [3.8, 4) is 16.4 Å². The fourth-order valence-corrected chi connectivity index (χ4v) is 1.79.